The number of aldehydes is 1. The van der Waals surface area contributed by atoms with Crippen LogP contribution in [0.15, 0.2) is 23.4 Å². The van der Waals surface area contributed by atoms with Crippen molar-refractivity contribution in [2.75, 3.05) is 7.05 Å². The van der Waals surface area contributed by atoms with Crippen LogP contribution in [0.3, 0.4) is 0 Å². The van der Waals surface area contributed by atoms with E-state index < -0.39 is 0 Å². The van der Waals surface area contributed by atoms with Gasteiger partial charge in [-0.15, -0.1) is 0 Å². The lowest BCUT2D eigenvalue weighted by Crippen LogP contribution is -2.08. The summed E-state index contributed by atoms with van der Waals surface area (Å²) in [4.78, 5) is 10.2. The summed E-state index contributed by atoms with van der Waals surface area (Å²) >= 11 is 0. The highest BCUT2D eigenvalue weighted by molar-refractivity contribution is 5.57. The van der Waals surface area contributed by atoms with Gasteiger partial charge in [-0.1, -0.05) is 26.0 Å². The summed E-state index contributed by atoms with van der Waals surface area (Å²) in [5, 5.41) is 3.02. The number of allylic oxidation sites excluding steroid dienone is 3. The van der Waals surface area contributed by atoms with E-state index >= 15 is 0 Å². The molecule has 0 radical (unpaired) electrons. The number of likely N-dealkylation sites (N-methyl/N-ethyl adjacent to an activating group) is 1. The van der Waals surface area contributed by atoms with Crippen molar-refractivity contribution in [3.63, 3.8) is 0 Å². The predicted octanol–water partition coefficient (Wildman–Crippen LogP) is 2.67. The molecule has 0 saturated heterocycles. The van der Waals surface area contributed by atoms with E-state index in [0.29, 0.717) is 6.42 Å². The van der Waals surface area contributed by atoms with Gasteiger partial charge in [0.05, 0.1) is 0 Å². The molecular weight excluding hydrogens is 162 g/mol. The SMILES string of the molecule is C/C=C(CC=O)\C(=C/C)NC.CC. The number of nitrogens with one attached hydrogen (secondary N) is 1. The molecule has 0 aliphatic rings. The Bertz CT molecular complexity index is 181. The van der Waals surface area contributed by atoms with Gasteiger partial charge < -0.3 is 10.1 Å². The minimum absolute atomic E-state index is 0.483. The minimum atomic E-state index is 0.483. The van der Waals surface area contributed by atoms with Gasteiger partial charge in [-0.05, 0) is 19.4 Å². The first-order chi connectivity index (χ1) is 6.29. The number of rotatable bonds is 4. The highest BCUT2D eigenvalue weighted by Gasteiger charge is 1.98. The van der Waals surface area contributed by atoms with Crippen LogP contribution in [-0.2, 0) is 4.79 Å². The number of hydrogen-bond donors (Lipinski definition) is 1. The van der Waals surface area contributed by atoms with Crippen LogP contribution in [0, 0.1) is 0 Å². The first-order valence-corrected chi connectivity index (χ1v) is 4.73. The lowest BCUT2D eigenvalue weighted by Gasteiger charge is -2.07. The maximum atomic E-state index is 10.2. The van der Waals surface area contributed by atoms with E-state index in [-0.39, 0.29) is 0 Å². The van der Waals surface area contributed by atoms with E-state index in [1.54, 1.807) is 0 Å². The van der Waals surface area contributed by atoms with Crippen molar-refractivity contribution >= 4 is 6.29 Å². The zero-order valence-corrected chi connectivity index (χ0v) is 9.35. The third-order valence-corrected chi connectivity index (χ3v) is 1.56. The average Bonchev–Trinajstić information content (AvgIpc) is 2.21. The first-order valence-electron chi connectivity index (χ1n) is 4.73. The Balaban J connectivity index is 0. The average molecular weight is 183 g/mol. The fourth-order valence-electron chi connectivity index (χ4n) is 0.963. The molecule has 0 spiro atoms. The second-order valence-electron chi connectivity index (χ2n) is 2.14. The van der Waals surface area contributed by atoms with E-state index in [1.807, 2.05) is 46.9 Å². The monoisotopic (exact) mass is 183 g/mol. The lowest BCUT2D eigenvalue weighted by atomic mass is 10.1. The Labute approximate surface area is 81.7 Å². The predicted molar refractivity (Wildman–Crippen MR) is 58.6 cm³/mol. The number of carbonyl (C=O) groups is 1. The molecule has 13 heavy (non-hydrogen) atoms. The van der Waals surface area contributed by atoms with E-state index in [9.17, 15) is 4.79 Å². The summed E-state index contributed by atoms with van der Waals surface area (Å²) < 4.78 is 0. The maximum Gasteiger partial charge on any atom is 0.124 e. The van der Waals surface area contributed by atoms with Crippen molar-refractivity contribution in [3.05, 3.63) is 23.4 Å². The Morgan fingerprint density at radius 2 is 1.77 bits per heavy atom. The molecule has 2 heteroatoms. The molecule has 0 aromatic heterocycles. The minimum Gasteiger partial charge on any atom is -0.388 e. The molecule has 0 fully saturated rings. The molecule has 76 valence electrons. The highest BCUT2D eigenvalue weighted by atomic mass is 16.1. The molecule has 0 unspecified atom stereocenters. The third-order valence-electron chi connectivity index (χ3n) is 1.56. The molecule has 0 aromatic carbocycles. The molecule has 0 aliphatic carbocycles. The Kier molecular flexibility index (Phi) is 12.2. The topological polar surface area (TPSA) is 29.1 Å². The van der Waals surface area contributed by atoms with E-state index in [2.05, 4.69) is 5.32 Å². The zero-order chi connectivity index (χ0) is 10.7. The van der Waals surface area contributed by atoms with Crippen LogP contribution < -0.4 is 5.32 Å². The Morgan fingerprint density at radius 1 is 1.23 bits per heavy atom. The molecule has 0 bridgehead atoms. The molecule has 1 N–H and O–H groups in total. The fourth-order valence-corrected chi connectivity index (χ4v) is 0.963. The second-order valence-corrected chi connectivity index (χ2v) is 2.14. The van der Waals surface area contributed by atoms with Crippen LogP contribution in [0.25, 0.3) is 0 Å². The first kappa shape index (κ1) is 14.5. The van der Waals surface area contributed by atoms with E-state index in [1.165, 1.54) is 0 Å². The summed E-state index contributed by atoms with van der Waals surface area (Å²) in [5.74, 6) is 0. The van der Waals surface area contributed by atoms with Gasteiger partial charge in [0.2, 0.25) is 0 Å². The molecule has 0 aromatic rings. The van der Waals surface area contributed by atoms with Gasteiger partial charge >= 0.3 is 0 Å². The van der Waals surface area contributed by atoms with Gasteiger partial charge in [0.25, 0.3) is 0 Å². The van der Waals surface area contributed by atoms with Gasteiger partial charge in [-0.2, -0.15) is 0 Å². The summed E-state index contributed by atoms with van der Waals surface area (Å²) in [5.41, 5.74) is 2.07. The van der Waals surface area contributed by atoms with Crippen LogP contribution in [0.1, 0.15) is 34.1 Å². The van der Waals surface area contributed by atoms with Crippen molar-refractivity contribution in [2.45, 2.75) is 34.1 Å². The second kappa shape index (κ2) is 11.0. The summed E-state index contributed by atoms with van der Waals surface area (Å²) in [6.07, 6.45) is 5.30. The lowest BCUT2D eigenvalue weighted by molar-refractivity contribution is -0.107. The molecule has 0 rings (SSSR count). The van der Waals surface area contributed by atoms with E-state index in [4.69, 9.17) is 0 Å². The zero-order valence-electron chi connectivity index (χ0n) is 9.35. The van der Waals surface area contributed by atoms with Gasteiger partial charge in [0, 0.05) is 19.2 Å². The van der Waals surface area contributed by atoms with Gasteiger partial charge in [-0.3, -0.25) is 0 Å². The molecule has 0 saturated carbocycles. The number of carbonyl (C=O) groups excluding carboxylic acids is 1. The van der Waals surface area contributed by atoms with E-state index in [0.717, 1.165) is 17.6 Å². The van der Waals surface area contributed by atoms with Crippen molar-refractivity contribution in [1.29, 1.82) is 0 Å². The van der Waals surface area contributed by atoms with Gasteiger partial charge in [0.15, 0.2) is 0 Å². The molecule has 0 aliphatic heterocycles. The molecule has 0 amide bonds. The van der Waals surface area contributed by atoms with Crippen LogP contribution in [0.5, 0.6) is 0 Å². The van der Waals surface area contributed by atoms with Gasteiger partial charge in [0.1, 0.15) is 6.29 Å². The van der Waals surface area contributed by atoms with Crippen LogP contribution in [-0.4, -0.2) is 13.3 Å². The normalized spacial score (nSPS) is 11.5. The summed E-state index contributed by atoms with van der Waals surface area (Å²) in [6.45, 7) is 7.87. The van der Waals surface area contributed by atoms with Crippen LogP contribution >= 0.6 is 0 Å². The van der Waals surface area contributed by atoms with Crippen LogP contribution in [0.4, 0.5) is 0 Å². The highest BCUT2D eigenvalue weighted by Crippen LogP contribution is 2.08. The molecule has 2 nitrogen and oxygen atoms in total. The quantitative estimate of drug-likeness (QED) is 0.536. The third kappa shape index (κ3) is 6.14. The van der Waals surface area contributed by atoms with Gasteiger partial charge in [-0.25, -0.2) is 0 Å². The van der Waals surface area contributed by atoms with Crippen LogP contribution in [0.2, 0.25) is 0 Å². The van der Waals surface area contributed by atoms with Crippen molar-refractivity contribution in [3.8, 4) is 0 Å². The smallest absolute Gasteiger partial charge is 0.124 e. The number of hydrogen-bond acceptors (Lipinski definition) is 2. The molecule has 0 heterocycles. The van der Waals surface area contributed by atoms with Crippen molar-refractivity contribution in [1.82, 2.24) is 5.32 Å². The standard InChI is InChI=1S/C9H15NO.C2H6/c1-4-8(6-7-11)9(5-2)10-3;1-2/h4-5,7,10H,6H2,1-3H3;1-2H3/b8-4-,9-5+;. The Morgan fingerprint density at radius 3 is 2.00 bits per heavy atom. The largest absolute Gasteiger partial charge is 0.388 e. The van der Waals surface area contributed by atoms with Crippen molar-refractivity contribution in [2.24, 2.45) is 0 Å². The summed E-state index contributed by atoms with van der Waals surface area (Å²) in [7, 11) is 1.85. The molecule has 0 atom stereocenters. The maximum absolute atomic E-state index is 10.2. The fraction of sp³-hybridized carbons (Fsp3) is 0.545. The molecular formula is C11H21NO. The summed E-state index contributed by atoms with van der Waals surface area (Å²) in [6, 6.07) is 0. The Hall–Kier alpha value is -1.05. The van der Waals surface area contributed by atoms with Crippen molar-refractivity contribution < 1.29 is 4.79 Å².